The second-order valence-electron chi connectivity index (χ2n) is 5.18. The third-order valence-corrected chi connectivity index (χ3v) is 3.51. The van der Waals surface area contributed by atoms with Gasteiger partial charge in [-0.3, -0.25) is 0 Å². The molecule has 1 unspecified atom stereocenters. The molecule has 2 amide bonds. The van der Waals surface area contributed by atoms with E-state index in [1.807, 2.05) is 11.8 Å². The quantitative estimate of drug-likeness (QED) is 0.894. The SMILES string of the molecule is CC1CCCCN1C(=O)Nc1cccc(OCC(=O)O)c1. The number of hydrogen-bond acceptors (Lipinski definition) is 3. The number of piperidine rings is 1. The van der Waals surface area contributed by atoms with Crippen molar-refractivity contribution in [2.24, 2.45) is 0 Å². The number of carboxylic acids is 1. The summed E-state index contributed by atoms with van der Waals surface area (Å²) in [5.41, 5.74) is 0.598. The van der Waals surface area contributed by atoms with Gasteiger partial charge in [0.1, 0.15) is 5.75 Å². The zero-order chi connectivity index (χ0) is 15.2. The minimum atomic E-state index is -1.04. The van der Waals surface area contributed by atoms with Crippen molar-refractivity contribution in [3.8, 4) is 5.75 Å². The summed E-state index contributed by atoms with van der Waals surface area (Å²) in [5.74, 6) is -0.617. The molecule has 1 saturated heterocycles. The Balaban J connectivity index is 1.97. The molecule has 1 heterocycles. The van der Waals surface area contributed by atoms with Crippen LogP contribution >= 0.6 is 0 Å². The molecule has 1 aliphatic heterocycles. The Bertz CT molecular complexity index is 518. The van der Waals surface area contributed by atoms with E-state index in [1.54, 1.807) is 24.3 Å². The molecule has 2 rings (SSSR count). The van der Waals surface area contributed by atoms with Gasteiger partial charge in [0.25, 0.3) is 0 Å². The first-order valence-electron chi connectivity index (χ1n) is 7.08. The van der Waals surface area contributed by atoms with E-state index in [-0.39, 0.29) is 12.1 Å². The molecule has 1 aliphatic rings. The number of nitrogens with one attached hydrogen (secondary N) is 1. The van der Waals surface area contributed by atoms with Crippen LogP contribution in [0.3, 0.4) is 0 Å². The number of hydrogen-bond donors (Lipinski definition) is 2. The Morgan fingerprint density at radius 2 is 2.24 bits per heavy atom. The van der Waals surface area contributed by atoms with Crippen LogP contribution in [0.25, 0.3) is 0 Å². The second kappa shape index (κ2) is 6.97. The zero-order valence-corrected chi connectivity index (χ0v) is 12.0. The van der Waals surface area contributed by atoms with E-state index < -0.39 is 12.6 Å². The van der Waals surface area contributed by atoms with Crippen molar-refractivity contribution in [2.45, 2.75) is 32.2 Å². The van der Waals surface area contributed by atoms with Crippen molar-refractivity contribution in [2.75, 3.05) is 18.5 Å². The van der Waals surface area contributed by atoms with Gasteiger partial charge in [0.2, 0.25) is 0 Å². The van der Waals surface area contributed by atoms with Gasteiger partial charge in [-0.1, -0.05) is 6.07 Å². The summed E-state index contributed by atoms with van der Waals surface area (Å²) in [6, 6.07) is 6.85. The molecule has 1 fully saturated rings. The second-order valence-corrected chi connectivity index (χ2v) is 5.18. The average molecular weight is 292 g/mol. The van der Waals surface area contributed by atoms with Crippen LogP contribution in [0.15, 0.2) is 24.3 Å². The maximum Gasteiger partial charge on any atom is 0.341 e. The molecular formula is C15H20N2O4. The molecular weight excluding hydrogens is 272 g/mol. The van der Waals surface area contributed by atoms with Crippen molar-refractivity contribution < 1.29 is 19.4 Å². The summed E-state index contributed by atoms with van der Waals surface area (Å²) in [6.45, 7) is 2.41. The minimum absolute atomic E-state index is 0.127. The molecule has 0 aliphatic carbocycles. The molecule has 2 N–H and O–H groups in total. The van der Waals surface area contributed by atoms with Crippen LogP contribution in [0.2, 0.25) is 0 Å². The van der Waals surface area contributed by atoms with Gasteiger partial charge in [-0.05, 0) is 38.3 Å². The number of urea groups is 1. The Morgan fingerprint density at radius 1 is 1.43 bits per heavy atom. The minimum Gasteiger partial charge on any atom is -0.482 e. The average Bonchev–Trinajstić information content (AvgIpc) is 2.46. The third-order valence-electron chi connectivity index (χ3n) is 3.51. The summed E-state index contributed by atoms with van der Waals surface area (Å²) in [7, 11) is 0. The Kier molecular flexibility index (Phi) is 5.03. The summed E-state index contributed by atoms with van der Waals surface area (Å²) in [4.78, 5) is 24.5. The van der Waals surface area contributed by atoms with Gasteiger partial charge in [0, 0.05) is 24.3 Å². The summed E-state index contributed by atoms with van der Waals surface area (Å²) < 4.78 is 5.09. The maximum atomic E-state index is 12.2. The number of carboxylic acid groups (broad SMARTS) is 1. The van der Waals surface area contributed by atoms with E-state index in [1.165, 1.54) is 0 Å². The lowest BCUT2D eigenvalue weighted by Gasteiger charge is -2.33. The fraction of sp³-hybridized carbons (Fsp3) is 0.467. The first-order valence-corrected chi connectivity index (χ1v) is 7.08. The highest BCUT2D eigenvalue weighted by Crippen LogP contribution is 2.20. The van der Waals surface area contributed by atoms with Crippen molar-refractivity contribution in [3.63, 3.8) is 0 Å². The van der Waals surface area contributed by atoms with E-state index in [0.29, 0.717) is 11.4 Å². The third kappa shape index (κ3) is 4.37. The number of aliphatic carboxylic acids is 1. The predicted molar refractivity (Wildman–Crippen MR) is 78.6 cm³/mol. The number of rotatable bonds is 4. The Hall–Kier alpha value is -2.24. The van der Waals surface area contributed by atoms with Gasteiger partial charge < -0.3 is 20.1 Å². The van der Waals surface area contributed by atoms with E-state index in [9.17, 15) is 9.59 Å². The molecule has 0 aromatic heterocycles. The molecule has 1 atom stereocenters. The fourth-order valence-electron chi connectivity index (χ4n) is 2.40. The molecule has 0 bridgehead atoms. The zero-order valence-electron chi connectivity index (χ0n) is 12.0. The van der Waals surface area contributed by atoms with Crippen molar-refractivity contribution >= 4 is 17.7 Å². The van der Waals surface area contributed by atoms with Crippen LogP contribution in [0.4, 0.5) is 10.5 Å². The van der Waals surface area contributed by atoms with Gasteiger partial charge >= 0.3 is 12.0 Å². The number of benzene rings is 1. The van der Waals surface area contributed by atoms with Gasteiger partial charge in [-0.2, -0.15) is 0 Å². The summed E-state index contributed by atoms with van der Waals surface area (Å²) in [6.07, 6.45) is 3.21. The number of nitrogens with zero attached hydrogens (tertiary/aromatic N) is 1. The molecule has 1 aromatic carbocycles. The van der Waals surface area contributed by atoms with Crippen LogP contribution in [0.5, 0.6) is 5.75 Å². The van der Waals surface area contributed by atoms with Crippen LogP contribution < -0.4 is 10.1 Å². The molecule has 1 aromatic rings. The molecule has 0 radical (unpaired) electrons. The highest BCUT2D eigenvalue weighted by molar-refractivity contribution is 5.89. The Labute approximate surface area is 123 Å². The molecule has 0 spiro atoms. The highest BCUT2D eigenvalue weighted by atomic mass is 16.5. The van der Waals surface area contributed by atoms with Crippen molar-refractivity contribution in [3.05, 3.63) is 24.3 Å². The Morgan fingerprint density at radius 3 is 2.95 bits per heavy atom. The number of likely N-dealkylation sites (tertiary alicyclic amines) is 1. The van der Waals surface area contributed by atoms with Crippen molar-refractivity contribution in [1.82, 2.24) is 4.90 Å². The molecule has 114 valence electrons. The van der Waals surface area contributed by atoms with E-state index >= 15 is 0 Å². The van der Waals surface area contributed by atoms with Gasteiger partial charge in [-0.25, -0.2) is 9.59 Å². The van der Waals surface area contributed by atoms with Crippen LogP contribution in [-0.2, 0) is 4.79 Å². The number of amides is 2. The normalized spacial score (nSPS) is 18.1. The maximum absolute atomic E-state index is 12.2. The molecule has 6 nitrogen and oxygen atoms in total. The van der Waals surface area contributed by atoms with Gasteiger partial charge in [0.15, 0.2) is 6.61 Å². The van der Waals surface area contributed by atoms with E-state index in [0.717, 1.165) is 25.8 Å². The van der Waals surface area contributed by atoms with Gasteiger partial charge in [-0.15, -0.1) is 0 Å². The van der Waals surface area contributed by atoms with E-state index in [2.05, 4.69) is 5.32 Å². The van der Waals surface area contributed by atoms with Crippen LogP contribution in [0, 0.1) is 0 Å². The lowest BCUT2D eigenvalue weighted by Crippen LogP contribution is -2.44. The topological polar surface area (TPSA) is 78.9 Å². The van der Waals surface area contributed by atoms with E-state index in [4.69, 9.17) is 9.84 Å². The fourth-order valence-corrected chi connectivity index (χ4v) is 2.40. The number of ether oxygens (including phenoxy) is 1. The number of carbonyl (C=O) groups is 2. The van der Waals surface area contributed by atoms with Gasteiger partial charge in [0.05, 0.1) is 0 Å². The first kappa shape index (κ1) is 15.2. The molecule has 6 heteroatoms. The predicted octanol–water partition coefficient (Wildman–Crippen LogP) is 2.56. The largest absolute Gasteiger partial charge is 0.482 e. The summed E-state index contributed by atoms with van der Waals surface area (Å²) >= 11 is 0. The molecule has 21 heavy (non-hydrogen) atoms. The lowest BCUT2D eigenvalue weighted by molar-refractivity contribution is -0.139. The number of carbonyl (C=O) groups excluding carboxylic acids is 1. The highest BCUT2D eigenvalue weighted by Gasteiger charge is 2.23. The summed E-state index contributed by atoms with van der Waals surface area (Å²) in [5, 5.41) is 11.4. The van der Waals surface area contributed by atoms with Crippen LogP contribution in [0.1, 0.15) is 26.2 Å². The smallest absolute Gasteiger partial charge is 0.341 e. The lowest BCUT2D eigenvalue weighted by atomic mass is 10.0. The van der Waals surface area contributed by atoms with Crippen LogP contribution in [-0.4, -0.2) is 41.2 Å². The monoisotopic (exact) mass is 292 g/mol. The standard InChI is InChI=1S/C15H20N2O4/c1-11-5-2-3-8-17(11)15(20)16-12-6-4-7-13(9-12)21-10-14(18)19/h4,6-7,9,11H,2-3,5,8,10H2,1H3,(H,16,20)(H,18,19). The van der Waals surface area contributed by atoms with Crippen molar-refractivity contribution in [1.29, 1.82) is 0 Å². The number of anilines is 1. The first-order chi connectivity index (χ1) is 10.1. The molecule has 0 saturated carbocycles.